The average Bonchev–Trinajstić information content (AvgIpc) is 2.60. The molecule has 0 unspecified atom stereocenters. The van der Waals surface area contributed by atoms with E-state index >= 15 is 0 Å². The molecule has 6 heteroatoms. The summed E-state index contributed by atoms with van der Waals surface area (Å²) in [6.45, 7) is 2.85. The minimum absolute atomic E-state index is 0.414. The van der Waals surface area contributed by atoms with Crippen molar-refractivity contribution in [2.24, 2.45) is 5.73 Å². The lowest BCUT2D eigenvalue weighted by molar-refractivity contribution is 0.100. The second-order valence-corrected chi connectivity index (χ2v) is 6.19. The first-order valence-electron chi connectivity index (χ1n) is 7.69. The van der Waals surface area contributed by atoms with E-state index in [4.69, 9.17) is 5.73 Å². The fraction of sp³-hybridized carbons (Fsp3) is 0.167. The third kappa shape index (κ3) is 3.65. The second-order valence-electron chi connectivity index (χ2n) is 5.25. The normalized spacial score (nSPS) is 10.7. The topological polar surface area (TPSA) is 80.9 Å². The first-order valence-corrected chi connectivity index (χ1v) is 8.68. The van der Waals surface area contributed by atoms with Gasteiger partial charge in [-0.05, 0) is 36.8 Å². The summed E-state index contributed by atoms with van der Waals surface area (Å²) in [6, 6.07) is 15.3. The lowest BCUT2D eigenvalue weighted by Crippen LogP contribution is -2.10. The van der Waals surface area contributed by atoms with Gasteiger partial charge >= 0.3 is 0 Å². The number of primary amides is 1. The molecule has 5 nitrogen and oxygen atoms in total. The number of hydrogen-bond donors (Lipinski definition) is 2. The molecule has 0 atom stereocenters. The van der Waals surface area contributed by atoms with Crippen molar-refractivity contribution in [1.82, 2.24) is 9.97 Å². The molecule has 1 aromatic heterocycles. The minimum atomic E-state index is -0.414. The lowest BCUT2D eigenvalue weighted by Gasteiger charge is -2.09. The Morgan fingerprint density at radius 3 is 2.58 bits per heavy atom. The summed E-state index contributed by atoms with van der Waals surface area (Å²) in [4.78, 5) is 20.3. The van der Waals surface area contributed by atoms with E-state index in [0.717, 1.165) is 39.7 Å². The van der Waals surface area contributed by atoms with Crippen LogP contribution in [0.1, 0.15) is 22.8 Å². The van der Waals surface area contributed by atoms with Gasteiger partial charge < -0.3 is 11.1 Å². The van der Waals surface area contributed by atoms with Crippen molar-refractivity contribution in [3.8, 4) is 0 Å². The zero-order valence-electron chi connectivity index (χ0n) is 13.3. The van der Waals surface area contributed by atoms with E-state index in [-0.39, 0.29) is 0 Å². The van der Waals surface area contributed by atoms with Crippen LogP contribution >= 0.6 is 11.8 Å². The van der Waals surface area contributed by atoms with Gasteiger partial charge in [0.1, 0.15) is 5.82 Å². The number of hydrogen-bond acceptors (Lipinski definition) is 5. The Morgan fingerprint density at radius 2 is 1.88 bits per heavy atom. The quantitative estimate of drug-likeness (QED) is 0.531. The van der Waals surface area contributed by atoms with Crippen molar-refractivity contribution in [1.29, 1.82) is 0 Å². The molecule has 0 spiro atoms. The number of para-hydroxylation sites is 1. The summed E-state index contributed by atoms with van der Waals surface area (Å²) in [5.74, 6) is 1.17. The number of nitrogens with zero attached hydrogens (tertiary/aromatic N) is 2. The van der Waals surface area contributed by atoms with Gasteiger partial charge in [-0.15, -0.1) is 0 Å². The average molecular weight is 338 g/mol. The molecule has 122 valence electrons. The molecule has 1 amide bonds. The highest BCUT2D eigenvalue weighted by molar-refractivity contribution is 7.98. The molecule has 0 saturated heterocycles. The van der Waals surface area contributed by atoms with Crippen LogP contribution in [0.25, 0.3) is 10.9 Å². The van der Waals surface area contributed by atoms with Gasteiger partial charge in [-0.2, -0.15) is 0 Å². The number of fused-ring (bicyclic) bond motifs is 1. The first-order chi connectivity index (χ1) is 11.7. The maximum atomic E-state index is 11.1. The van der Waals surface area contributed by atoms with Gasteiger partial charge in [0.25, 0.3) is 0 Å². The fourth-order valence-corrected chi connectivity index (χ4v) is 3.14. The van der Waals surface area contributed by atoms with Crippen LogP contribution < -0.4 is 11.1 Å². The van der Waals surface area contributed by atoms with Crippen LogP contribution in [-0.4, -0.2) is 22.4 Å². The van der Waals surface area contributed by atoms with Gasteiger partial charge in [0, 0.05) is 23.2 Å². The van der Waals surface area contributed by atoms with Crippen molar-refractivity contribution >= 4 is 34.4 Å². The van der Waals surface area contributed by atoms with Crippen molar-refractivity contribution in [3.63, 3.8) is 0 Å². The van der Waals surface area contributed by atoms with E-state index in [2.05, 4.69) is 15.3 Å². The Hall–Kier alpha value is -2.60. The molecule has 0 aliphatic rings. The van der Waals surface area contributed by atoms with Gasteiger partial charge in [-0.1, -0.05) is 36.0 Å². The molecule has 24 heavy (non-hydrogen) atoms. The fourth-order valence-electron chi connectivity index (χ4n) is 2.34. The summed E-state index contributed by atoms with van der Waals surface area (Å²) < 4.78 is 0. The largest absolute Gasteiger partial charge is 0.370 e. The molecule has 0 radical (unpaired) electrons. The first kappa shape index (κ1) is 16.3. The number of amides is 1. The van der Waals surface area contributed by atoms with Gasteiger partial charge in [-0.25, -0.2) is 9.97 Å². The Labute approximate surface area is 144 Å². The highest BCUT2D eigenvalue weighted by Crippen LogP contribution is 2.26. The molecular weight excluding hydrogens is 320 g/mol. The van der Waals surface area contributed by atoms with Crippen LogP contribution in [0.5, 0.6) is 0 Å². The highest BCUT2D eigenvalue weighted by Gasteiger charge is 2.08. The van der Waals surface area contributed by atoms with Crippen LogP contribution in [0.3, 0.4) is 0 Å². The smallest absolute Gasteiger partial charge is 0.248 e. The summed E-state index contributed by atoms with van der Waals surface area (Å²) in [5, 5.41) is 5.04. The van der Waals surface area contributed by atoms with Gasteiger partial charge in [0.15, 0.2) is 5.16 Å². The summed E-state index contributed by atoms with van der Waals surface area (Å²) >= 11 is 1.56. The van der Waals surface area contributed by atoms with E-state index in [0.29, 0.717) is 5.56 Å². The molecule has 3 aromatic rings. The van der Waals surface area contributed by atoms with Crippen LogP contribution in [0.4, 0.5) is 5.82 Å². The predicted molar refractivity (Wildman–Crippen MR) is 98.2 cm³/mol. The van der Waals surface area contributed by atoms with Gasteiger partial charge in [0.05, 0.1) is 5.52 Å². The molecule has 0 bridgehead atoms. The Balaban J connectivity index is 1.80. The SMILES string of the molecule is CCNc1nc(SCc2ccc(C(N)=O)cc2)nc2ccccc12. The monoisotopic (exact) mass is 338 g/mol. The van der Waals surface area contributed by atoms with E-state index in [1.54, 1.807) is 23.9 Å². The molecule has 0 fully saturated rings. The second kappa shape index (κ2) is 7.31. The van der Waals surface area contributed by atoms with Crippen molar-refractivity contribution in [2.75, 3.05) is 11.9 Å². The number of aromatic nitrogens is 2. The number of carbonyl (C=O) groups is 1. The number of rotatable bonds is 6. The van der Waals surface area contributed by atoms with E-state index in [1.165, 1.54) is 0 Å². The summed E-state index contributed by atoms with van der Waals surface area (Å²) in [6.07, 6.45) is 0. The number of anilines is 1. The summed E-state index contributed by atoms with van der Waals surface area (Å²) in [7, 11) is 0. The maximum Gasteiger partial charge on any atom is 0.248 e. The predicted octanol–water partition coefficient (Wildman–Crippen LogP) is 3.45. The highest BCUT2D eigenvalue weighted by atomic mass is 32.2. The molecule has 0 aliphatic carbocycles. The number of thioether (sulfide) groups is 1. The van der Waals surface area contributed by atoms with Gasteiger partial charge in [-0.3, -0.25) is 4.79 Å². The minimum Gasteiger partial charge on any atom is -0.370 e. The number of nitrogens with two attached hydrogens (primary N) is 1. The Morgan fingerprint density at radius 1 is 1.12 bits per heavy atom. The standard InChI is InChI=1S/C18H18N4OS/c1-2-20-17-14-5-3-4-6-15(14)21-18(22-17)24-11-12-7-9-13(10-8-12)16(19)23/h3-10H,2,11H2,1H3,(H2,19,23)(H,20,21,22). The van der Waals surface area contributed by atoms with E-state index in [1.807, 2.05) is 43.3 Å². The molecule has 0 aliphatic heterocycles. The van der Waals surface area contributed by atoms with Crippen LogP contribution in [0, 0.1) is 0 Å². The van der Waals surface area contributed by atoms with Crippen molar-refractivity contribution in [3.05, 3.63) is 59.7 Å². The molecule has 3 rings (SSSR count). The molecule has 1 heterocycles. The molecule has 3 N–H and O–H groups in total. The van der Waals surface area contributed by atoms with Crippen molar-refractivity contribution < 1.29 is 4.79 Å². The zero-order chi connectivity index (χ0) is 16.9. The third-order valence-electron chi connectivity index (χ3n) is 3.53. The third-order valence-corrected chi connectivity index (χ3v) is 4.45. The molecule has 2 aromatic carbocycles. The molecule has 0 saturated carbocycles. The van der Waals surface area contributed by atoms with E-state index < -0.39 is 5.91 Å². The van der Waals surface area contributed by atoms with Gasteiger partial charge in [0.2, 0.25) is 5.91 Å². The van der Waals surface area contributed by atoms with Crippen LogP contribution in [0.2, 0.25) is 0 Å². The van der Waals surface area contributed by atoms with E-state index in [9.17, 15) is 4.79 Å². The number of nitrogens with one attached hydrogen (secondary N) is 1. The Kier molecular flexibility index (Phi) is 4.96. The van der Waals surface area contributed by atoms with Crippen LogP contribution in [0.15, 0.2) is 53.7 Å². The van der Waals surface area contributed by atoms with Crippen molar-refractivity contribution in [2.45, 2.75) is 17.8 Å². The summed E-state index contributed by atoms with van der Waals surface area (Å²) in [5.41, 5.74) is 7.79. The van der Waals surface area contributed by atoms with Crippen LogP contribution in [-0.2, 0) is 5.75 Å². The molecular formula is C18H18N4OS. The maximum absolute atomic E-state index is 11.1. The number of benzene rings is 2. The zero-order valence-corrected chi connectivity index (χ0v) is 14.1. The lowest BCUT2D eigenvalue weighted by atomic mass is 10.1. The Bertz CT molecular complexity index is 865. The number of carbonyl (C=O) groups excluding carboxylic acids is 1.